The van der Waals surface area contributed by atoms with Crippen molar-refractivity contribution in [3.63, 3.8) is 0 Å². The number of anilines is 1. The minimum absolute atomic E-state index is 0.0139. The lowest BCUT2D eigenvalue weighted by Gasteiger charge is -2.21. The van der Waals surface area contributed by atoms with Crippen molar-refractivity contribution < 1.29 is 9.53 Å². The second-order valence-electron chi connectivity index (χ2n) is 5.18. The van der Waals surface area contributed by atoms with Crippen LogP contribution in [0.15, 0.2) is 24.3 Å². The maximum absolute atomic E-state index is 12.1. The molecule has 1 amide bonds. The first-order chi connectivity index (χ1) is 8.42. The zero-order chi connectivity index (χ0) is 13.3. The summed E-state index contributed by atoms with van der Waals surface area (Å²) in [5.74, 6) is 0.795. The summed E-state index contributed by atoms with van der Waals surface area (Å²) in [5, 5.41) is 0. The average molecular weight is 248 g/mol. The maximum atomic E-state index is 12.1. The van der Waals surface area contributed by atoms with Gasteiger partial charge in [-0.3, -0.25) is 4.79 Å². The van der Waals surface area contributed by atoms with Crippen LogP contribution in [0.25, 0.3) is 0 Å². The summed E-state index contributed by atoms with van der Waals surface area (Å²) < 4.78 is 5.56. The third-order valence-electron chi connectivity index (χ3n) is 3.12. The molecule has 0 radical (unpaired) electrons. The van der Waals surface area contributed by atoms with Gasteiger partial charge in [0.15, 0.2) is 0 Å². The number of hydrogen-bond donors (Lipinski definition) is 1. The van der Waals surface area contributed by atoms with Crippen molar-refractivity contribution in [1.29, 1.82) is 0 Å². The lowest BCUT2D eigenvalue weighted by molar-refractivity contribution is -0.120. The number of likely N-dealkylation sites (N-methyl/N-ethyl adjacent to an activating group) is 1. The highest BCUT2D eigenvalue weighted by atomic mass is 16.5. The normalized spacial score (nSPS) is 16.5. The predicted octanol–water partition coefficient (Wildman–Crippen LogP) is 1.93. The summed E-state index contributed by atoms with van der Waals surface area (Å²) in [6.07, 6.45) is 1.71. The third kappa shape index (κ3) is 2.64. The van der Waals surface area contributed by atoms with Crippen molar-refractivity contribution in [2.45, 2.75) is 38.3 Å². The molecular formula is C14H20N2O2. The van der Waals surface area contributed by atoms with E-state index in [-0.39, 0.29) is 12.0 Å². The molecule has 0 unspecified atom stereocenters. The van der Waals surface area contributed by atoms with E-state index in [1.54, 1.807) is 11.9 Å². The highest BCUT2D eigenvalue weighted by molar-refractivity contribution is 6.01. The number of carbonyl (C=O) groups excluding carboxylic acids is 1. The molecule has 1 aromatic rings. The molecule has 0 aliphatic heterocycles. The Kier molecular flexibility index (Phi) is 3.30. The van der Waals surface area contributed by atoms with Gasteiger partial charge in [-0.05, 0) is 51.0 Å². The third-order valence-corrected chi connectivity index (χ3v) is 3.12. The van der Waals surface area contributed by atoms with Gasteiger partial charge in [-0.25, -0.2) is 0 Å². The number of ether oxygens (including phenoxy) is 1. The van der Waals surface area contributed by atoms with Crippen LogP contribution in [0.5, 0.6) is 5.75 Å². The van der Waals surface area contributed by atoms with Crippen molar-refractivity contribution in [2.24, 2.45) is 5.73 Å². The molecule has 1 aromatic carbocycles. The fraction of sp³-hybridized carbons (Fsp3) is 0.500. The Morgan fingerprint density at radius 2 is 1.89 bits per heavy atom. The predicted molar refractivity (Wildman–Crippen MR) is 71.8 cm³/mol. The second-order valence-corrected chi connectivity index (χ2v) is 5.18. The molecule has 0 aromatic heterocycles. The molecule has 0 heterocycles. The average Bonchev–Trinajstić information content (AvgIpc) is 3.07. The van der Waals surface area contributed by atoms with Crippen LogP contribution < -0.4 is 15.4 Å². The molecule has 1 aliphatic rings. The molecule has 18 heavy (non-hydrogen) atoms. The van der Waals surface area contributed by atoms with Gasteiger partial charge in [0.1, 0.15) is 5.75 Å². The fourth-order valence-corrected chi connectivity index (χ4v) is 1.82. The minimum atomic E-state index is -0.623. The molecule has 0 bridgehead atoms. The van der Waals surface area contributed by atoms with E-state index >= 15 is 0 Å². The van der Waals surface area contributed by atoms with Crippen molar-refractivity contribution in [3.05, 3.63) is 24.3 Å². The first-order valence-corrected chi connectivity index (χ1v) is 6.26. The summed E-state index contributed by atoms with van der Waals surface area (Å²) in [5.41, 5.74) is 6.13. The van der Waals surface area contributed by atoms with Crippen LogP contribution >= 0.6 is 0 Å². The number of benzene rings is 1. The molecule has 1 fully saturated rings. The van der Waals surface area contributed by atoms with E-state index < -0.39 is 5.54 Å². The molecule has 4 heteroatoms. The fourth-order valence-electron chi connectivity index (χ4n) is 1.82. The van der Waals surface area contributed by atoms with Crippen LogP contribution in [0.2, 0.25) is 0 Å². The van der Waals surface area contributed by atoms with Gasteiger partial charge in [0.2, 0.25) is 5.91 Å². The van der Waals surface area contributed by atoms with E-state index in [4.69, 9.17) is 10.5 Å². The van der Waals surface area contributed by atoms with Crippen LogP contribution in [0.3, 0.4) is 0 Å². The standard InChI is InChI=1S/C14H20N2O2/c1-10(2)18-12-6-4-11(5-7-12)16(3)13(17)14(15)8-9-14/h4-7,10H,8-9,15H2,1-3H3. The number of amides is 1. The Morgan fingerprint density at radius 3 is 2.33 bits per heavy atom. The lowest BCUT2D eigenvalue weighted by atomic mass is 10.2. The Bertz CT molecular complexity index is 436. The second kappa shape index (κ2) is 4.61. The van der Waals surface area contributed by atoms with Crippen molar-refractivity contribution in [3.8, 4) is 5.75 Å². The van der Waals surface area contributed by atoms with Crippen molar-refractivity contribution in [2.75, 3.05) is 11.9 Å². The number of carbonyl (C=O) groups is 1. The zero-order valence-electron chi connectivity index (χ0n) is 11.1. The Hall–Kier alpha value is -1.55. The van der Waals surface area contributed by atoms with Crippen molar-refractivity contribution in [1.82, 2.24) is 0 Å². The first-order valence-electron chi connectivity index (χ1n) is 6.26. The molecule has 4 nitrogen and oxygen atoms in total. The molecule has 0 atom stereocenters. The van der Waals surface area contributed by atoms with E-state index in [9.17, 15) is 4.79 Å². The number of nitrogens with two attached hydrogens (primary N) is 1. The SMILES string of the molecule is CC(C)Oc1ccc(N(C)C(=O)C2(N)CC2)cc1. The van der Waals surface area contributed by atoms with Gasteiger partial charge in [-0.2, -0.15) is 0 Å². The van der Waals surface area contributed by atoms with E-state index in [1.165, 1.54) is 0 Å². The number of hydrogen-bond acceptors (Lipinski definition) is 3. The Labute approximate surface area is 108 Å². The Morgan fingerprint density at radius 1 is 1.33 bits per heavy atom. The zero-order valence-corrected chi connectivity index (χ0v) is 11.1. The van der Waals surface area contributed by atoms with Crippen LogP contribution in [-0.2, 0) is 4.79 Å². The van der Waals surface area contributed by atoms with Gasteiger partial charge >= 0.3 is 0 Å². The minimum Gasteiger partial charge on any atom is -0.491 e. The van der Waals surface area contributed by atoms with Gasteiger partial charge in [0, 0.05) is 12.7 Å². The summed E-state index contributed by atoms with van der Waals surface area (Å²) >= 11 is 0. The van der Waals surface area contributed by atoms with E-state index in [1.807, 2.05) is 38.1 Å². The quantitative estimate of drug-likeness (QED) is 0.885. The largest absolute Gasteiger partial charge is 0.491 e. The van der Waals surface area contributed by atoms with Gasteiger partial charge in [-0.1, -0.05) is 0 Å². The van der Waals surface area contributed by atoms with Gasteiger partial charge in [0.05, 0.1) is 11.6 Å². The van der Waals surface area contributed by atoms with Gasteiger partial charge in [0.25, 0.3) is 0 Å². The van der Waals surface area contributed by atoms with Gasteiger partial charge < -0.3 is 15.4 Å². The molecule has 98 valence electrons. The molecular weight excluding hydrogens is 228 g/mol. The maximum Gasteiger partial charge on any atom is 0.246 e. The summed E-state index contributed by atoms with van der Waals surface area (Å²) in [6, 6.07) is 7.49. The number of rotatable bonds is 4. The first kappa shape index (κ1) is 12.9. The summed E-state index contributed by atoms with van der Waals surface area (Å²) in [6.45, 7) is 3.96. The van der Waals surface area contributed by atoms with Gasteiger partial charge in [-0.15, -0.1) is 0 Å². The summed E-state index contributed by atoms with van der Waals surface area (Å²) in [4.78, 5) is 13.7. The molecule has 0 saturated heterocycles. The smallest absolute Gasteiger partial charge is 0.246 e. The monoisotopic (exact) mass is 248 g/mol. The molecule has 1 saturated carbocycles. The number of nitrogens with zero attached hydrogens (tertiary/aromatic N) is 1. The van der Waals surface area contributed by atoms with Crippen LogP contribution in [-0.4, -0.2) is 24.6 Å². The van der Waals surface area contributed by atoms with E-state index in [0.29, 0.717) is 0 Å². The lowest BCUT2D eigenvalue weighted by Crippen LogP contribution is -2.43. The Balaban J connectivity index is 2.07. The van der Waals surface area contributed by atoms with Crippen LogP contribution in [0, 0.1) is 0 Å². The van der Waals surface area contributed by atoms with E-state index in [0.717, 1.165) is 24.3 Å². The molecule has 1 aliphatic carbocycles. The highest BCUT2D eigenvalue weighted by Gasteiger charge is 2.47. The van der Waals surface area contributed by atoms with E-state index in [2.05, 4.69) is 0 Å². The molecule has 2 N–H and O–H groups in total. The van der Waals surface area contributed by atoms with Crippen LogP contribution in [0.4, 0.5) is 5.69 Å². The molecule has 0 spiro atoms. The summed E-state index contributed by atoms with van der Waals surface area (Å²) in [7, 11) is 1.76. The highest BCUT2D eigenvalue weighted by Crippen LogP contribution is 2.35. The molecule has 2 rings (SSSR count). The van der Waals surface area contributed by atoms with Crippen LogP contribution in [0.1, 0.15) is 26.7 Å². The van der Waals surface area contributed by atoms with Crippen molar-refractivity contribution >= 4 is 11.6 Å². The topological polar surface area (TPSA) is 55.6 Å².